The van der Waals surface area contributed by atoms with E-state index in [0.29, 0.717) is 40.8 Å². The molecule has 1 N–H and O–H groups in total. The number of carbonyl (C=O) groups is 2. The molecule has 0 unspecified atom stereocenters. The molecule has 6 rings (SSSR count). The van der Waals surface area contributed by atoms with Crippen LogP contribution >= 0.6 is 0 Å². The van der Waals surface area contributed by atoms with Gasteiger partial charge in [-0.25, -0.2) is 9.48 Å². The van der Waals surface area contributed by atoms with Crippen molar-refractivity contribution in [1.82, 2.24) is 19.2 Å². The molecule has 0 fully saturated rings. The number of rotatable bonds is 7. The predicted molar refractivity (Wildman–Crippen MR) is 161 cm³/mol. The number of esters is 1. The molecule has 0 bridgehead atoms. The number of carbonyl (C=O) groups excluding carboxylic acids is 2. The van der Waals surface area contributed by atoms with Gasteiger partial charge in [0.25, 0.3) is 11.5 Å². The monoisotopic (exact) mass is 561 g/mol. The number of ether oxygens (including phenoxy) is 1. The lowest BCUT2D eigenvalue weighted by atomic mass is 9.95. The van der Waals surface area contributed by atoms with E-state index in [1.165, 1.54) is 10.2 Å². The smallest absolute Gasteiger partial charge is 0.339 e. The van der Waals surface area contributed by atoms with E-state index in [0.717, 1.165) is 24.3 Å². The fourth-order valence-electron chi connectivity index (χ4n) is 5.55. The highest BCUT2D eigenvalue weighted by atomic mass is 16.5. The molecule has 2 aromatic heterocycles. The molecule has 0 aliphatic carbocycles. The molecule has 9 heteroatoms. The van der Waals surface area contributed by atoms with Crippen LogP contribution in [0, 0.1) is 6.92 Å². The number of benzene rings is 3. The SMILES string of the molecule is Cc1c(NC(=O)COC(=O)c2c3c(nc4ccccc24)CCN(Cc2ccccc2)C3)c(=O)n(-c2ccccc2)n1C. The highest BCUT2D eigenvalue weighted by Crippen LogP contribution is 2.29. The van der Waals surface area contributed by atoms with Gasteiger partial charge in [0.15, 0.2) is 6.61 Å². The molecule has 3 aromatic carbocycles. The van der Waals surface area contributed by atoms with Crippen molar-refractivity contribution >= 4 is 28.5 Å². The van der Waals surface area contributed by atoms with Gasteiger partial charge in [0.2, 0.25) is 0 Å². The van der Waals surface area contributed by atoms with Gasteiger partial charge in [-0.1, -0.05) is 66.7 Å². The van der Waals surface area contributed by atoms with Crippen molar-refractivity contribution in [3.05, 3.63) is 123 Å². The maximum absolute atomic E-state index is 13.6. The van der Waals surface area contributed by atoms with Gasteiger partial charge in [-0.15, -0.1) is 0 Å². The van der Waals surface area contributed by atoms with Crippen LogP contribution in [0.5, 0.6) is 0 Å². The second-order valence-corrected chi connectivity index (χ2v) is 10.4. The van der Waals surface area contributed by atoms with E-state index < -0.39 is 18.5 Å². The molecule has 5 aromatic rings. The molecule has 42 heavy (non-hydrogen) atoms. The minimum atomic E-state index is -0.590. The first kappa shape index (κ1) is 27.2. The highest BCUT2D eigenvalue weighted by Gasteiger charge is 2.27. The summed E-state index contributed by atoms with van der Waals surface area (Å²) < 4.78 is 8.73. The minimum absolute atomic E-state index is 0.144. The van der Waals surface area contributed by atoms with Crippen LogP contribution in [0.15, 0.2) is 89.7 Å². The summed E-state index contributed by atoms with van der Waals surface area (Å²) in [4.78, 5) is 46.9. The Morgan fingerprint density at radius 1 is 0.952 bits per heavy atom. The average Bonchev–Trinajstić information content (AvgIpc) is 3.22. The summed E-state index contributed by atoms with van der Waals surface area (Å²) in [5.41, 5.74) is 5.07. The largest absolute Gasteiger partial charge is 0.452 e. The van der Waals surface area contributed by atoms with E-state index in [1.807, 2.05) is 72.8 Å². The van der Waals surface area contributed by atoms with Crippen LogP contribution in [0.4, 0.5) is 5.69 Å². The number of fused-ring (bicyclic) bond motifs is 2. The molecular formula is C33H31N5O4. The molecule has 1 amide bonds. The number of amides is 1. The standard InChI is InChI=1S/C33H31N5O4/c1-22-31(32(40)38(36(22)2)24-13-7-4-8-14-24)35-29(39)21-42-33(41)30-25-15-9-10-16-27(25)34-28-17-18-37(20-26(28)30)19-23-11-5-3-6-12-23/h3-16H,17-21H2,1-2H3,(H,35,39). The lowest BCUT2D eigenvalue weighted by Gasteiger charge is -2.30. The summed E-state index contributed by atoms with van der Waals surface area (Å²) in [5, 5.41) is 3.35. The predicted octanol–water partition coefficient (Wildman–Crippen LogP) is 4.39. The Kier molecular flexibility index (Phi) is 7.41. The first-order chi connectivity index (χ1) is 20.4. The van der Waals surface area contributed by atoms with Crippen molar-refractivity contribution in [2.24, 2.45) is 7.05 Å². The second-order valence-electron chi connectivity index (χ2n) is 10.4. The van der Waals surface area contributed by atoms with Gasteiger partial charge in [0, 0.05) is 49.7 Å². The van der Waals surface area contributed by atoms with Gasteiger partial charge in [-0.3, -0.25) is 24.2 Å². The van der Waals surface area contributed by atoms with Gasteiger partial charge in [-0.05, 0) is 30.7 Å². The first-order valence-corrected chi connectivity index (χ1v) is 13.9. The summed E-state index contributed by atoms with van der Waals surface area (Å²) in [7, 11) is 1.75. The summed E-state index contributed by atoms with van der Waals surface area (Å²) in [6.45, 7) is 3.33. The number of para-hydroxylation sites is 2. The van der Waals surface area contributed by atoms with Gasteiger partial charge in [0.1, 0.15) is 5.69 Å². The molecule has 0 saturated heterocycles. The van der Waals surface area contributed by atoms with E-state index in [2.05, 4.69) is 22.3 Å². The number of anilines is 1. The zero-order valence-corrected chi connectivity index (χ0v) is 23.5. The summed E-state index contributed by atoms with van der Waals surface area (Å²) in [6, 6.07) is 26.9. The quantitative estimate of drug-likeness (QED) is 0.296. The van der Waals surface area contributed by atoms with Gasteiger partial charge in [-0.2, -0.15) is 0 Å². The average molecular weight is 562 g/mol. The Bertz CT molecular complexity index is 1840. The van der Waals surface area contributed by atoms with Crippen molar-refractivity contribution in [1.29, 1.82) is 0 Å². The molecular weight excluding hydrogens is 530 g/mol. The Morgan fingerprint density at radius 3 is 2.40 bits per heavy atom. The number of hydrogen-bond donors (Lipinski definition) is 1. The number of aromatic nitrogens is 3. The molecule has 1 aliphatic rings. The normalized spacial score (nSPS) is 13.1. The molecule has 0 saturated carbocycles. The van der Waals surface area contributed by atoms with Crippen molar-refractivity contribution in [3.8, 4) is 5.69 Å². The summed E-state index contributed by atoms with van der Waals surface area (Å²) in [5.74, 6) is -1.18. The van der Waals surface area contributed by atoms with E-state index in [9.17, 15) is 14.4 Å². The van der Waals surface area contributed by atoms with Crippen LogP contribution in [0.2, 0.25) is 0 Å². The van der Waals surface area contributed by atoms with Crippen LogP contribution in [0.25, 0.3) is 16.6 Å². The Hall–Kier alpha value is -5.02. The van der Waals surface area contributed by atoms with E-state index in [4.69, 9.17) is 9.72 Å². The number of hydrogen-bond acceptors (Lipinski definition) is 6. The lowest BCUT2D eigenvalue weighted by Crippen LogP contribution is -2.32. The van der Waals surface area contributed by atoms with Crippen molar-refractivity contribution < 1.29 is 14.3 Å². The summed E-state index contributed by atoms with van der Waals surface area (Å²) in [6.07, 6.45) is 0.703. The third kappa shape index (κ3) is 5.22. The van der Waals surface area contributed by atoms with Crippen LogP contribution in [0.3, 0.4) is 0 Å². The molecule has 0 spiro atoms. The van der Waals surface area contributed by atoms with Crippen LogP contribution < -0.4 is 10.9 Å². The number of pyridine rings is 1. The molecule has 9 nitrogen and oxygen atoms in total. The lowest BCUT2D eigenvalue weighted by molar-refractivity contribution is -0.119. The highest BCUT2D eigenvalue weighted by molar-refractivity contribution is 6.06. The molecule has 3 heterocycles. The zero-order chi connectivity index (χ0) is 29.2. The zero-order valence-electron chi connectivity index (χ0n) is 23.5. The Balaban J connectivity index is 1.23. The van der Waals surface area contributed by atoms with Gasteiger partial charge >= 0.3 is 5.97 Å². The fraction of sp³-hybridized carbons (Fsp3) is 0.212. The first-order valence-electron chi connectivity index (χ1n) is 13.9. The maximum atomic E-state index is 13.6. The molecule has 0 atom stereocenters. The van der Waals surface area contributed by atoms with Crippen molar-refractivity contribution in [2.75, 3.05) is 18.5 Å². The van der Waals surface area contributed by atoms with Crippen LogP contribution in [-0.2, 0) is 36.1 Å². The topological polar surface area (TPSA) is 98.5 Å². The van der Waals surface area contributed by atoms with E-state index >= 15 is 0 Å². The molecule has 1 aliphatic heterocycles. The Labute approximate surface area is 243 Å². The third-order valence-corrected chi connectivity index (χ3v) is 7.73. The number of nitrogens with zero attached hydrogens (tertiary/aromatic N) is 4. The number of nitrogens with one attached hydrogen (secondary N) is 1. The van der Waals surface area contributed by atoms with Gasteiger partial charge in [0.05, 0.1) is 22.5 Å². The molecule has 0 radical (unpaired) electrons. The van der Waals surface area contributed by atoms with Crippen LogP contribution in [-0.4, -0.2) is 44.3 Å². The summed E-state index contributed by atoms with van der Waals surface area (Å²) >= 11 is 0. The van der Waals surface area contributed by atoms with E-state index in [-0.39, 0.29) is 11.2 Å². The Morgan fingerprint density at radius 2 is 1.64 bits per heavy atom. The van der Waals surface area contributed by atoms with Crippen molar-refractivity contribution in [3.63, 3.8) is 0 Å². The van der Waals surface area contributed by atoms with Crippen LogP contribution in [0.1, 0.15) is 32.9 Å². The minimum Gasteiger partial charge on any atom is -0.452 e. The third-order valence-electron chi connectivity index (χ3n) is 7.73. The fourth-order valence-corrected chi connectivity index (χ4v) is 5.55. The second kappa shape index (κ2) is 11.5. The van der Waals surface area contributed by atoms with Crippen molar-refractivity contribution in [2.45, 2.75) is 26.4 Å². The molecule has 212 valence electrons. The van der Waals surface area contributed by atoms with Gasteiger partial charge < -0.3 is 10.1 Å². The van der Waals surface area contributed by atoms with E-state index in [1.54, 1.807) is 18.7 Å². The maximum Gasteiger partial charge on any atom is 0.339 e.